The van der Waals surface area contributed by atoms with Crippen LogP contribution in [-0.4, -0.2) is 36.2 Å². The molecule has 0 unspecified atom stereocenters. The highest BCUT2D eigenvalue weighted by Crippen LogP contribution is 2.41. The van der Waals surface area contributed by atoms with Crippen LogP contribution in [0.15, 0.2) is 35.2 Å². The highest BCUT2D eigenvalue weighted by atomic mass is 35.5. The molecule has 1 heterocycles. The van der Waals surface area contributed by atoms with Crippen LogP contribution in [0.4, 0.5) is 4.79 Å². The molecule has 0 aliphatic carbocycles. The predicted octanol–water partition coefficient (Wildman–Crippen LogP) is 5.17. The second-order valence-corrected chi connectivity index (χ2v) is 8.12. The summed E-state index contributed by atoms with van der Waals surface area (Å²) in [4.78, 5) is 38.0. The number of halogens is 2. The molecule has 0 radical (unpaired) electrons. The Morgan fingerprint density at radius 1 is 1.10 bits per heavy atom. The highest BCUT2D eigenvalue weighted by Gasteiger charge is 2.36. The standard InChI is InChI=1S/C21H17Cl2NO6S/c1-11(25)30-19-16(28-2)7-12(8-17(19)29-3)9-18-20(26)24(21(27)31-18)10-13-14(22)5-4-6-15(13)23/h4-9H,10H2,1-3H3/b18-9-. The summed E-state index contributed by atoms with van der Waals surface area (Å²) < 4.78 is 15.7. The number of methoxy groups -OCH3 is 2. The van der Waals surface area contributed by atoms with Gasteiger partial charge in [0.15, 0.2) is 11.5 Å². The third kappa shape index (κ3) is 4.98. The molecule has 0 N–H and O–H groups in total. The summed E-state index contributed by atoms with van der Waals surface area (Å²) in [5.41, 5.74) is 1.01. The molecule has 2 amide bonds. The summed E-state index contributed by atoms with van der Waals surface area (Å²) in [6.45, 7) is 1.21. The maximum absolute atomic E-state index is 12.9. The number of esters is 1. The van der Waals surface area contributed by atoms with Crippen molar-refractivity contribution in [3.05, 3.63) is 56.4 Å². The maximum atomic E-state index is 12.9. The molecular formula is C21H17Cl2NO6S. The molecule has 2 aromatic carbocycles. The average Bonchev–Trinajstić information content (AvgIpc) is 2.98. The smallest absolute Gasteiger partial charge is 0.308 e. The zero-order valence-corrected chi connectivity index (χ0v) is 19.1. The molecule has 10 heteroatoms. The Hall–Kier alpha value is -2.68. The second kappa shape index (κ2) is 9.64. The lowest BCUT2D eigenvalue weighted by Crippen LogP contribution is -2.27. The molecule has 31 heavy (non-hydrogen) atoms. The lowest BCUT2D eigenvalue weighted by atomic mass is 10.1. The molecule has 0 atom stereocenters. The summed E-state index contributed by atoms with van der Waals surface area (Å²) in [6, 6.07) is 8.10. The number of amides is 2. The van der Waals surface area contributed by atoms with E-state index in [2.05, 4.69) is 0 Å². The molecule has 0 saturated carbocycles. The van der Waals surface area contributed by atoms with E-state index in [0.29, 0.717) is 21.2 Å². The number of rotatable bonds is 6. The average molecular weight is 482 g/mol. The van der Waals surface area contributed by atoms with E-state index in [4.69, 9.17) is 37.4 Å². The van der Waals surface area contributed by atoms with E-state index in [-0.39, 0.29) is 28.7 Å². The van der Waals surface area contributed by atoms with E-state index < -0.39 is 17.1 Å². The normalized spacial score (nSPS) is 14.9. The van der Waals surface area contributed by atoms with Crippen molar-refractivity contribution in [2.45, 2.75) is 13.5 Å². The first-order valence-corrected chi connectivity index (χ1v) is 10.4. The van der Waals surface area contributed by atoms with Crippen LogP contribution in [0.3, 0.4) is 0 Å². The summed E-state index contributed by atoms with van der Waals surface area (Å²) >= 11 is 13.1. The van der Waals surface area contributed by atoms with Crippen molar-refractivity contribution in [1.82, 2.24) is 4.90 Å². The van der Waals surface area contributed by atoms with Crippen molar-refractivity contribution in [1.29, 1.82) is 0 Å². The Morgan fingerprint density at radius 2 is 1.68 bits per heavy atom. The monoisotopic (exact) mass is 481 g/mol. The molecule has 1 fully saturated rings. The van der Waals surface area contributed by atoms with Crippen molar-refractivity contribution in [3.8, 4) is 17.2 Å². The largest absolute Gasteiger partial charge is 0.493 e. The Bertz CT molecular complexity index is 1060. The van der Waals surface area contributed by atoms with Gasteiger partial charge in [-0.3, -0.25) is 19.3 Å². The number of imide groups is 1. The van der Waals surface area contributed by atoms with Gasteiger partial charge in [-0.25, -0.2) is 0 Å². The zero-order valence-electron chi connectivity index (χ0n) is 16.7. The summed E-state index contributed by atoms with van der Waals surface area (Å²) in [7, 11) is 2.82. The van der Waals surface area contributed by atoms with Gasteiger partial charge in [0, 0.05) is 22.5 Å². The van der Waals surface area contributed by atoms with E-state index in [1.54, 1.807) is 30.3 Å². The van der Waals surface area contributed by atoms with Gasteiger partial charge < -0.3 is 14.2 Å². The van der Waals surface area contributed by atoms with Crippen molar-refractivity contribution in [3.63, 3.8) is 0 Å². The number of carbonyl (C=O) groups excluding carboxylic acids is 3. The topological polar surface area (TPSA) is 82.1 Å². The minimum absolute atomic E-state index is 0.0431. The fourth-order valence-electron chi connectivity index (χ4n) is 2.86. The molecule has 3 rings (SSSR count). The summed E-state index contributed by atoms with van der Waals surface area (Å²) in [5, 5.41) is 0.292. The molecule has 7 nitrogen and oxygen atoms in total. The van der Waals surface area contributed by atoms with E-state index in [0.717, 1.165) is 16.7 Å². The fourth-order valence-corrected chi connectivity index (χ4v) is 4.21. The lowest BCUT2D eigenvalue weighted by molar-refractivity contribution is -0.132. The first kappa shape index (κ1) is 23.0. The Kier molecular flexibility index (Phi) is 7.15. The van der Waals surface area contributed by atoms with E-state index in [1.807, 2.05) is 0 Å². The molecular weight excluding hydrogens is 465 g/mol. The minimum atomic E-state index is -0.538. The summed E-state index contributed by atoms with van der Waals surface area (Å²) in [6.07, 6.45) is 1.53. The molecule has 0 spiro atoms. The SMILES string of the molecule is COc1cc(/C=C2\SC(=O)N(Cc3c(Cl)cccc3Cl)C2=O)cc(OC)c1OC(C)=O. The molecule has 1 saturated heterocycles. The quantitative estimate of drug-likeness (QED) is 0.319. The van der Waals surface area contributed by atoms with Gasteiger partial charge in [0.2, 0.25) is 5.75 Å². The third-order valence-electron chi connectivity index (χ3n) is 4.28. The number of hydrogen-bond acceptors (Lipinski definition) is 7. The van der Waals surface area contributed by atoms with Crippen LogP contribution in [0.2, 0.25) is 10.0 Å². The number of thioether (sulfide) groups is 1. The lowest BCUT2D eigenvalue weighted by Gasteiger charge is -2.15. The van der Waals surface area contributed by atoms with E-state index in [9.17, 15) is 14.4 Å². The third-order valence-corrected chi connectivity index (χ3v) is 5.89. The fraction of sp³-hybridized carbons (Fsp3) is 0.190. The van der Waals surface area contributed by atoms with Gasteiger partial charge in [-0.2, -0.15) is 0 Å². The van der Waals surface area contributed by atoms with Crippen LogP contribution in [-0.2, 0) is 16.1 Å². The van der Waals surface area contributed by atoms with Crippen molar-refractivity contribution in [2.75, 3.05) is 14.2 Å². The number of nitrogens with zero attached hydrogens (tertiary/aromatic N) is 1. The number of carbonyl (C=O) groups is 3. The van der Waals surface area contributed by atoms with E-state index >= 15 is 0 Å². The molecule has 1 aliphatic rings. The van der Waals surface area contributed by atoms with Crippen molar-refractivity contribution >= 4 is 58.2 Å². The molecule has 0 bridgehead atoms. The van der Waals surface area contributed by atoms with Gasteiger partial charge in [-0.05, 0) is 47.7 Å². The van der Waals surface area contributed by atoms with E-state index in [1.165, 1.54) is 27.2 Å². The van der Waals surface area contributed by atoms with Crippen LogP contribution in [0.1, 0.15) is 18.1 Å². The van der Waals surface area contributed by atoms with Gasteiger partial charge in [0.1, 0.15) is 0 Å². The second-order valence-electron chi connectivity index (χ2n) is 6.32. The van der Waals surface area contributed by atoms with Crippen molar-refractivity contribution < 1.29 is 28.6 Å². The Labute approximate surface area is 192 Å². The Balaban J connectivity index is 1.93. The highest BCUT2D eigenvalue weighted by molar-refractivity contribution is 8.18. The number of ether oxygens (including phenoxy) is 3. The number of hydrogen-bond donors (Lipinski definition) is 0. The zero-order chi connectivity index (χ0) is 22.7. The summed E-state index contributed by atoms with van der Waals surface area (Å²) in [5.74, 6) is -0.418. The van der Waals surface area contributed by atoms with Gasteiger partial charge in [-0.15, -0.1) is 0 Å². The maximum Gasteiger partial charge on any atom is 0.308 e. The molecule has 162 valence electrons. The molecule has 0 aromatic heterocycles. The van der Waals surface area contributed by atoms with Crippen LogP contribution in [0.5, 0.6) is 17.2 Å². The predicted molar refractivity (Wildman–Crippen MR) is 119 cm³/mol. The molecule has 1 aliphatic heterocycles. The Morgan fingerprint density at radius 3 is 2.19 bits per heavy atom. The van der Waals surface area contributed by atoms with Gasteiger partial charge >= 0.3 is 5.97 Å². The number of benzene rings is 2. The van der Waals surface area contributed by atoms with Crippen LogP contribution in [0.25, 0.3) is 6.08 Å². The van der Waals surface area contributed by atoms with Gasteiger partial charge in [0.25, 0.3) is 11.1 Å². The first-order chi connectivity index (χ1) is 14.7. The van der Waals surface area contributed by atoms with Crippen LogP contribution < -0.4 is 14.2 Å². The van der Waals surface area contributed by atoms with Crippen LogP contribution >= 0.6 is 35.0 Å². The van der Waals surface area contributed by atoms with Crippen molar-refractivity contribution in [2.24, 2.45) is 0 Å². The first-order valence-electron chi connectivity index (χ1n) is 8.87. The van der Waals surface area contributed by atoms with Gasteiger partial charge in [0.05, 0.1) is 25.7 Å². The molecule has 2 aromatic rings. The van der Waals surface area contributed by atoms with Gasteiger partial charge in [-0.1, -0.05) is 29.3 Å². The van der Waals surface area contributed by atoms with Crippen LogP contribution in [0, 0.1) is 0 Å². The minimum Gasteiger partial charge on any atom is -0.493 e.